The molecule has 1 unspecified atom stereocenters. The standard InChI is InChI=1S/C21H18FN3/c1-14(21-12-23-13-24-21)25-18-9-10-20-16(11-18)3-2-4-19(20)15-5-7-17(22)8-6-15/h2-14,25H,1H3,(H,23,24). The molecule has 124 valence electrons. The van der Waals surface area contributed by atoms with Crippen LogP contribution in [0.25, 0.3) is 21.9 Å². The molecule has 0 saturated heterocycles. The summed E-state index contributed by atoms with van der Waals surface area (Å²) in [5, 5.41) is 5.77. The Balaban J connectivity index is 1.69. The van der Waals surface area contributed by atoms with Crippen molar-refractivity contribution < 1.29 is 4.39 Å². The predicted molar refractivity (Wildman–Crippen MR) is 100.0 cm³/mol. The average Bonchev–Trinajstić information content (AvgIpc) is 3.17. The molecule has 0 aliphatic carbocycles. The minimum absolute atomic E-state index is 0.139. The van der Waals surface area contributed by atoms with Gasteiger partial charge in [0.15, 0.2) is 0 Å². The molecule has 4 heteroatoms. The van der Waals surface area contributed by atoms with E-state index >= 15 is 0 Å². The largest absolute Gasteiger partial charge is 0.377 e. The van der Waals surface area contributed by atoms with E-state index in [1.54, 1.807) is 6.33 Å². The second-order valence-corrected chi connectivity index (χ2v) is 6.12. The Morgan fingerprint density at radius 1 is 1.04 bits per heavy atom. The molecule has 0 fully saturated rings. The van der Waals surface area contributed by atoms with Gasteiger partial charge in [0, 0.05) is 11.9 Å². The number of nitrogens with zero attached hydrogens (tertiary/aromatic N) is 1. The summed E-state index contributed by atoms with van der Waals surface area (Å²) >= 11 is 0. The lowest BCUT2D eigenvalue weighted by Crippen LogP contribution is -2.06. The number of imidazole rings is 1. The third-order valence-electron chi connectivity index (χ3n) is 4.40. The van der Waals surface area contributed by atoms with Crippen LogP contribution >= 0.6 is 0 Å². The highest BCUT2D eigenvalue weighted by molar-refractivity contribution is 5.98. The Morgan fingerprint density at radius 2 is 1.88 bits per heavy atom. The van der Waals surface area contributed by atoms with Crippen LogP contribution in [0, 0.1) is 5.82 Å². The van der Waals surface area contributed by atoms with E-state index in [1.807, 2.05) is 24.4 Å². The number of halogens is 1. The molecule has 3 nitrogen and oxygen atoms in total. The van der Waals surface area contributed by atoms with E-state index in [2.05, 4.69) is 52.5 Å². The van der Waals surface area contributed by atoms with Gasteiger partial charge in [-0.05, 0) is 53.1 Å². The van der Waals surface area contributed by atoms with E-state index in [4.69, 9.17) is 0 Å². The number of rotatable bonds is 4. The summed E-state index contributed by atoms with van der Waals surface area (Å²) in [7, 11) is 0. The van der Waals surface area contributed by atoms with Gasteiger partial charge in [0.25, 0.3) is 0 Å². The molecule has 4 rings (SSSR count). The number of hydrogen-bond acceptors (Lipinski definition) is 2. The fraction of sp³-hybridized carbons (Fsp3) is 0.0952. The maximum Gasteiger partial charge on any atom is 0.123 e. The summed E-state index contributed by atoms with van der Waals surface area (Å²) in [6.07, 6.45) is 3.51. The lowest BCUT2D eigenvalue weighted by molar-refractivity contribution is 0.628. The normalized spacial score (nSPS) is 12.2. The molecule has 3 aromatic carbocycles. The lowest BCUT2D eigenvalue weighted by Gasteiger charge is -2.15. The van der Waals surface area contributed by atoms with Gasteiger partial charge in [-0.2, -0.15) is 0 Å². The summed E-state index contributed by atoms with van der Waals surface area (Å²) < 4.78 is 13.2. The van der Waals surface area contributed by atoms with Gasteiger partial charge in [-0.25, -0.2) is 9.37 Å². The topological polar surface area (TPSA) is 40.7 Å². The van der Waals surface area contributed by atoms with Crippen LogP contribution in [0.4, 0.5) is 10.1 Å². The zero-order valence-electron chi connectivity index (χ0n) is 13.8. The summed E-state index contributed by atoms with van der Waals surface area (Å²) in [6.45, 7) is 2.09. The van der Waals surface area contributed by atoms with Crippen LogP contribution in [0.2, 0.25) is 0 Å². The molecule has 0 amide bonds. The molecule has 2 N–H and O–H groups in total. The van der Waals surface area contributed by atoms with Gasteiger partial charge in [0.1, 0.15) is 5.82 Å². The second-order valence-electron chi connectivity index (χ2n) is 6.12. The van der Waals surface area contributed by atoms with Crippen LogP contribution < -0.4 is 5.32 Å². The minimum Gasteiger partial charge on any atom is -0.377 e. The minimum atomic E-state index is -0.219. The zero-order chi connectivity index (χ0) is 17.2. The Hall–Kier alpha value is -3.14. The molecular formula is C21H18FN3. The van der Waals surface area contributed by atoms with E-state index in [1.165, 1.54) is 12.1 Å². The first kappa shape index (κ1) is 15.4. The average molecular weight is 331 g/mol. The fourth-order valence-electron chi connectivity index (χ4n) is 3.09. The Morgan fingerprint density at radius 3 is 2.64 bits per heavy atom. The van der Waals surface area contributed by atoms with Gasteiger partial charge >= 0.3 is 0 Å². The number of benzene rings is 3. The molecule has 0 aliphatic rings. The molecule has 4 aromatic rings. The third-order valence-corrected chi connectivity index (χ3v) is 4.40. The quantitative estimate of drug-likeness (QED) is 0.515. The van der Waals surface area contributed by atoms with Crippen molar-refractivity contribution in [1.29, 1.82) is 0 Å². The molecule has 0 saturated carbocycles. The monoisotopic (exact) mass is 331 g/mol. The summed E-state index contributed by atoms with van der Waals surface area (Å²) in [4.78, 5) is 7.19. The molecule has 25 heavy (non-hydrogen) atoms. The summed E-state index contributed by atoms with van der Waals surface area (Å²) in [5.41, 5.74) is 4.20. The van der Waals surface area contributed by atoms with Crippen molar-refractivity contribution in [2.45, 2.75) is 13.0 Å². The predicted octanol–water partition coefficient (Wildman–Crippen LogP) is 5.54. The first-order valence-electron chi connectivity index (χ1n) is 8.24. The van der Waals surface area contributed by atoms with Crippen molar-refractivity contribution in [1.82, 2.24) is 9.97 Å². The summed E-state index contributed by atoms with van der Waals surface area (Å²) in [6, 6.07) is 19.3. The highest BCUT2D eigenvalue weighted by Gasteiger charge is 2.08. The Kier molecular flexibility index (Phi) is 3.94. The van der Waals surface area contributed by atoms with Crippen molar-refractivity contribution >= 4 is 16.5 Å². The highest BCUT2D eigenvalue weighted by Crippen LogP contribution is 2.31. The molecule has 1 aromatic heterocycles. The first-order valence-corrected chi connectivity index (χ1v) is 8.24. The third kappa shape index (κ3) is 3.11. The molecular weight excluding hydrogens is 313 g/mol. The number of nitrogens with one attached hydrogen (secondary N) is 2. The van der Waals surface area contributed by atoms with Crippen LogP contribution in [0.5, 0.6) is 0 Å². The maximum absolute atomic E-state index is 13.2. The zero-order valence-corrected chi connectivity index (χ0v) is 13.8. The molecule has 0 spiro atoms. The van der Waals surface area contributed by atoms with E-state index in [0.29, 0.717) is 0 Å². The van der Waals surface area contributed by atoms with Gasteiger partial charge in [-0.15, -0.1) is 0 Å². The molecule has 1 atom stereocenters. The lowest BCUT2D eigenvalue weighted by atomic mass is 9.98. The van der Waals surface area contributed by atoms with Crippen molar-refractivity contribution in [2.24, 2.45) is 0 Å². The number of hydrogen-bond donors (Lipinski definition) is 2. The van der Waals surface area contributed by atoms with Gasteiger partial charge in [-0.1, -0.05) is 36.4 Å². The van der Waals surface area contributed by atoms with Crippen molar-refractivity contribution in [3.05, 3.63) is 84.7 Å². The molecule has 0 bridgehead atoms. The van der Waals surface area contributed by atoms with Crippen LogP contribution in [-0.2, 0) is 0 Å². The van der Waals surface area contributed by atoms with Crippen LogP contribution in [0.3, 0.4) is 0 Å². The SMILES string of the molecule is CC(Nc1ccc2c(-c3ccc(F)cc3)cccc2c1)c1cnc[nH]1. The van der Waals surface area contributed by atoms with Crippen molar-refractivity contribution in [2.75, 3.05) is 5.32 Å². The van der Waals surface area contributed by atoms with Crippen molar-refractivity contribution in [3.63, 3.8) is 0 Å². The number of H-pyrrole nitrogens is 1. The van der Waals surface area contributed by atoms with Gasteiger partial charge in [0.05, 0.1) is 18.1 Å². The van der Waals surface area contributed by atoms with Crippen molar-refractivity contribution in [3.8, 4) is 11.1 Å². The maximum atomic E-state index is 13.2. The van der Waals surface area contributed by atoms with Crippen LogP contribution in [-0.4, -0.2) is 9.97 Å². The van der Waals surface area contributed by atoms with Gasteiger partial charge in [-0.3, -0.25) is 0 Å². The van der Waals surface area contributed by atoms with E-state index in [-0.39, 0.29) is 11.9 Å². The Bertz CT molecular complexity index is 992. The number of anilines is 1. The molecule has 0 radical (unpaired) electrons. The number of aromatic nitrogens is 2. The fourth-order valence-corrected chi connectivity index (χ4v) is 3.09. The second kappa shape index (κ2) is 6.40. The highest BCUT2D eigenvalue weighted by atomic mass is 19.1. The number of aromatic amines is 1. The van der Waals surface area contributed by atoms with Gasteiger partial charge in [0.2, 0.25) is 0 Å². The van der Waals surface area contributed by atoms with E-state index in [9.17, 15) is 4.39 Å². The first-order chi connectivity index (χ1) is 12.2. The van der Waals surface area contributed by atoms with Crippen LogP contribution in [0.15, 0.2) is 73.2 Å². The Labute approximate surface area is 145 Å². The molecule has 0 aliphatic heterocycles. The van der Waals surface area contributed by atoms with E-state index < -0.39 is 0 Å². The van der Waals surface area contributed by atoms with Crippen LogP contribution in [0.1, 0.15) is 18.7 Å². The number of fused-ring (bicyclic) bond motifs is 1. The van der Waals surface area contributed by atoms with Gasteiger partial charge < -0.3 is 10.3 Å². The summed E-state index contributed by atoms with van der Waals surface area (Å²) in [5.74, 6) is -0.219. The smallest absolute Gasteiger partial charge is 0.123 e. The van der Waals surface area contributed by atoms with E-state index in [0.717, 1.165) is 33.3 Å². The molecule has 1 heterocycles.